The van der Waals surface area contributed by atoms with Crippen LogP contribution in [0.3, 0.4) is 0 Å². The molecule has 0 aromatic rings. The van der Waals surface area contributed by atoms with Gasteiger partial charge in [-0.25, -0.2) is 0 Å². The summed E-state index contributed by atoms with van der Waals surface area (Å²) in [4.78, 5) is 10.3. The first-order valence-corrected chi connectivity index (χ1v) is 3.51. The zero-order chi connectivity index (χ0) is 6.43. The number of carbonyl (C=O) groups excluding carboxylic acids is 1. The van der Waals surface area contributed by atoms with Crippen LogP contribution in [0, 0.1) is 17.8 Å². The molecule has 2 fully saturated rings. The molecule has 2 aliphatic rings. The van der Waals surface area contributed by atoms with Gasteiger partial charge in [-0.3, -0.25) is 0 Å². The van der Waals surface area contributed by atoms with Gasteiger partial charge in [0.05, 0.1) is 0 Å². The van der Waals surface area contributed by atoms with Crippen LogP contribution in [0.15, 0.2) is 0 Å². The maximum atomic E-state index is 10.3. The minimum absolute atomic E-state index is 0. The Morgan fingerprint density at radius 2 is 1.80 bits per heavy atom. The smallest absolute Gasteiger partial charge is 0.550 e. The average molecular weight is 148 g/mol. The molecule has 2 nitrogen and oxygen atoms in total. The quantitative estimate of drug-likeness (QED) is 0.367. The fourth-order valence-corrected chi connectivity index (χ4v) is 2.17. The van der Waals surface area contributed by atoms with Crippen LogP contribution in [0.5, 0.6) is 0 Å². The van der Waals surface area contributed by atoms with Crippen LogP contribution in [0.25, 0.3) is 0 Å². The van der Waals surface area contributed by atoms with Gasteiger partial charge in [0.15, 0.2) is 0 Å². The number of rotatable bonds is 1. The van der Waals surface area contributed by atoms with Crippen LogP contribution >= 0.6 is 0 Å². The van der Waals surface area contributed by atoms with Crippen molar-refractivity contribution in [2.45, 2.75) is 19.3 Å². The second-order valence-electron chi connectivity index (χ2n) is 3.10. The topological polar surface area (TPSA) is 40.1 Å². The van der Waals surface area contributed by atoms with Crippen LogP contribution < -0.4 is 34.7 Å². The molecule has 50 valence electrons. The Morgan fingerprint density at radius 3 is 2.10 bits per heavy atom. The largest absolute Gasteiger partial charge is 1.00 e. The Kier molecular flexibility index (Phi) is 2.43. The van der Waals surface area contributed by atoms with Crippen LogP contribution in [-0.4, -0.2) is 5.97 Å². The summed E-state index contributed by atoms with van der Waals surface area (Å²) in [5, 5.41) is 10.3. The van der Waals surface area contributed by atoms with E-state index in [2.05, 4.69) is 0 Å². The van der Waals surface area contributed by atoms with E-state index in [9.17, 15) is 9.90 Å². The third-order valence-corrected chi connectivity index (χ3v) is 2.68. The van der Waals surface area contributed by atoms with E-state index in [0.29, 0.717) is 11.8 Å². The van der Waals surface area contributed by atoms with Gasteiger partial charge < -0.3 is 9.90 Å². The number of carbonyl (C=O) groups is 1. The third-order valence-electron chi connectivity index (χ3n) is 2.68. The van der Waals surface area contributed by atoms with Crippen molar-refractivity contribution in [3.63, 3.8) is 0 Å². The van der Waals surface area contributed by atoms with Gasteiger partial charge >= 0.3 is 29.6 Å². The molecule has 2 atom stereocenters. The molecule has 10 heavy (non-hydrogen) atoms. The maximum Gasteiger partial charge on any atom is 1.00 e. The van der Waals surface area contributed by atoms with Crippen molar-refractivity contribution >= 4 is 5.97 Å². The zero-order valence-electron chi connectivity index (χ0n) is 6.17. The molecule has 0 saturated heterocycles. The van der Waals surface area contributed by atoms with Crippen LogP contribution in [-0.2, 0) is 4.79 Å². The summed E-state index contributed by atoms with van der Waals surface area (Å²) in [7, 11) is 0. The number of hydrogen-bond acceptors (Lipinski definition) is 2. The SMILES string of the molecule is O=C([O-])C1C2CCCC21.[Na+]. The van der Waals surface area contributed by atoms with Crippen molar-refractivity contribution in [1.29, 1.82) is 0 Å². The molecule has 2 rings (SSSR count). The van der Waals surface area contributed by atoms with Gasteiger partial charge in [-0.15, -0.1) is 0 Å². The second-order valence-corrected chi connectivity index (χ2v) is 3.10. The number of fused-ring (bicyclic) bond motifs is 1. The minimum atomic E-state index is -0.815. The summed E-state index contributed by atoms with van der Waals surface area (Å²) < 4.78 is 0. The molecule has 0 spiro atoms. The summed E-state index contributed by atoms with van der Waals surface area (Å²) in [5.74, 6) is 0.147. The van der Waals surface area contributed by atoms with Crippen LogP contribution in [0.2, 0.25) is 0 Å². The summed E-state index contributed by atoms with van der Waals surface area (Å²) >= 11 is 0. The summed E-state index contributed by atoms with van der Waals surface area (Å²) in [6.45, 7) is 0. The van der Waals surface area contributed by atoms with Crippen LogP contribution in [0.1, 0.15) is 19.3 Å². The second kappa shape index (κ2) is 2.84. The molecular weight excluding hydrogens is 139 g/mol. The fraction of sp³-hybridized carbons (Fsp3) is 0.857. The molecule has 2 unspecified atom stereocenters. The molecule has 2 aliphatic carbocycles. The van der Waals surface area contributed by atoms with Crippen LogP contribution in [0.4, 0.5) is 0 Å². The summed E-state index contributed by atoms with van der Waals surface area (Å²) in [5.41, 5.74) is 0. The van der Waals surface area contributed by atoms with Gasteiger partial charge in [-0.1, -0.05) is 6.42 Å². The third kappa shape index (κ3) is 1.13. The van der Waals surface area contributed by atoms with E-state index in [4.69, 9.17) is 0 Å². The van der Waals surface area contributed by atoms with Crippen molar-refractivity contribution in [2.24, 2.45) is 17.8 Å². The van der Waals surface area contributed by atoms with Crippen molar-refractivity contribution in [3.05, 3.63) is 0 Å². The normalized spacial score (nSPS) is 41.8. The minimum Gasteiger partial charge on any atom is -0.550 e. The molecule has 0 amide bonds. The van der Waals surface area contributed by atoms with Gasteiger partial charge in [0, 0.05) is 11.9 Å². The first-order valence-electron chi connectivity index (χ1n) is 3.51. The van der Waals surface area contributed by atoms with Gasteiger partial charge in [-0.2, -0.15) is 0 Å². The molecule has 2 saturated carbocycles. The Labute approximate surface area is 82.3 Å². The van der Waals surface area contributed by atoms with E-state index in [0.717, 1.165) is 12.8 Å². The van der Waals surface area contributed by atoms with E-state index in [1.54, 1.807) is 0 Å². The monoisotopic (exact) mass is 148 g/mol. The fourth-order valence-electron chi connectivity index (χ4n) is 2.17. The first-order chi connectivity index (χ1) is 4.30. The number of carboxylic acids is 1. The first kappa shape index (κ1) is 8.57. The van der Waals surface area contributed by atoms with Crippen molar-refractivity contribution in [2.75, 3.05) is 0 Å². The Bertz CT molecular complexity index is 148. The van der Waals surface area contributed by atoms with E-state index < -0.39 is 5.97 Å². The van der Waals surface area contributed by atoms with Crippen molar-refractivity contribution in [3.8, 4) is 0 Å². The summed E-state index contributed by atoms with van der Waals surface area (Å²) in [6.07, 6.45) is 3.49. The van der Waals surface area contributed by atoms with E-state index >= 15 is 0 Å². The van der Waals surface area contributed by atoms with E-state index in [-0.39, 0.29) is 35.5 Å². The number of hydrogen-bond donors (Lipinski definition) is 0. The molecule has 0 bridgehead atoms. The number of aliphatic carboxylic acids is 1. The molecule has 3 heteroatoms. The standard InChI is InChI=1S/C7H10O2.Na/c8-7(9)6-4-2-1-3-5(4)6;/h4-6H,1-3H2,(H,8,9);/q;+1/p-1. The van der Waals surface area contributed by atoms with E-state index in [1.807, 2.05) is 0 Å². The van der Waals surface area contributed by atoms with E-state index in [1.165, 1.54) is 6.42 Å². The summed E-state index contributed by atoms with van der Waals surface area (Å²) in [6, 6.07) is 0. The predicted octanol–water partition coefficient (Wildman–Crippen LogP) is -3.21. The van der Waals surface area contributed by atoms with Gasteiger partial charge in [-0.05, 0) is 24.7 Å². The Morgan fingerprint density at radius 1 is 1.30 bits per heavy atom. The van der Waals surface area contributed by atoms with Gasteiger partial charge in [0.2, 0.25) is 0 Å². The van der Waals surface area contributed by atoms with Crippen molar-refractivity contribution < 1.29 is 39.5 Å². The molecule has 0 aromatic heterocycles. The maximum absolute atomic E-state index is 10.3. The molecule has 0 heterocycles. The zero-order valence-corrected chi connectivity index (χ0v) is 8.17. The molecular formula is C7H9NaO2. The molecule has 0 radical (unpaired) electrons. The molecule has 0 aliphatic heterocycles. The Hall–Kier alpha value is 0.470. The predicted molar refractivity (Wildman–Crippen MR) is 29.3 cm³/mol. The average Bonchev–Trinajstić information content (AvgIpc) is 2.30. The Balaban J connectivity index is 0.000000500. The van der Waals surface area contributed by atoms with Gasteiger partial charge in [0.1, 0.15) is 0 Å². The number of carboxylic acid groups (broad SMARTS) is 1. The van der Waals surface area contributed by atoms with Gasteiger partial charge in [0.25, 0.3) is 0 Å². The van der Waals surface area contributed by atoms with Crippen molar-refractivity contribution in [1.82, 2.24) is 0 Å². The molecule has 0 N–H and O–H groups in total. The molecule has 0 aromatic carbocycles.